The Morgan fingerprint density at radius 3 is 2.41 bits per heavy atom. The molecule has 0 bridgehead atoms. The van der Waals surface area contributed by atoms with E-state index in [1.807, 2.05) is 32.9 Å². The van der Waals surface area contributed by atoms with Crippen LogP contribution in [0.3, 0.4) is 0 Å². The van der Waals surface area contributed by atoms with Crippen molar-refractivity contribution in [3.63, 3.8) is 0 Å². The molecule has 0 spiro atoms. The SMILES string of the molecule is COCNS(=O)(=O)c1ccc(C(C)(C)C)c(-c2ccsc2C(=O)OC)c1C. The monoisotopic (exact) mass is 411 g/mol. The van der Waals surface area contributed by atoms with Crippen molar-refractivity contribution in [3.05, 3.63) is 39.6 Å². The molecular formula is C19H25NO5S2. The van der Waals surface area contributed by atoms with Crippen LogP contribution in [0.1, 0.15) is 41.6 Å². The zero-order valence-electron chi connectivity index (χ0n) is 16.4. The highest BCUT2D eigenvalue weighted by Crippen LogP contribution is 2.41. The number of carbonyl (C=O) groups excluding carboxylic acids is 1. The van der Waals surface area contributed by atoms with Crippen LogP contribution in [0.15, 0.2) is 28.5 Å². The zero-order chi connectivity index (χ0) is 20.4. The fourth-order valence-electron chi connectivity index (χ4n) is 2.93. The summed E-state index contributed by atoms with van der Waals surface area (Å²) in [6.45, 7) is 7.78. The summed E-state index contributed by atoms with van der Waals surface area (Å²) in [5.41, 5.74) is 2.70. The molecule has 1 aromatic carbocycles. The summed E-state index contributed by atoms with van der Waals surface area (Å²) < 4.78 is 37.5. The first-order valence-corrected chi connectivity index (χ1v) is 10.7. The van der Waals surface area contributed by atoms with Gasteiger partial charge in [-0.3, -0.25) is 0 Å². The third-order valence-corrected chi connectivity index (χ3v) is 6.63. The number of carbonyl (C=O) groups is 1. The van der Waals surface area contributed by atoms with Crippen molar-refractivity contribution in [1.82, 2.24) is 4.72 Å². The molecular weight excluding hydrogens is 386 g/mol. The lowest BCUT2D eigenvalue weighted by Crippen LogP contribution is -2.27. The molecule has 6 nitrogen and oxygen atoms in total. The van der Waals surface area contributed by atoms with Crippen molar-refractivity contribution in [2.45, 2.75) is 38.0 Å². The van der Waals surface area contributed by atoms with Crippen LogP contribution in [0, 0.1) is 6.92 Å². The number of methoxy groups -OCH3 is 2. The Labute approximate surface area is 164 Å². The first kappa shape index (κ1) is 21.6. The zero-order valence-corrected chi connectivity index (χ0v) is 18.0. The average Bonchev–Trinajstić information content (AvgIpc) is 3.07. The summed E-state index contributed by atoms with van der Waals surface area (Å²) in [4.78, 5) is 12.8. The van der Waals surface area contributed by atoms with Crippen LogP contribution in [0.2, 0.25) is 0 Å². The summed E-state index contributed by atoms with van der Waals surface area (Å²) in [6.07, 6.45) is 0. The molecule has 8 heteroatoms. The second kappa shape index (κ2) is 8.10. The molecule has 0 amide bonds. The highest BCUT2D eigenvalue weighted by Gasteiger charge is 2.28. The maximum atomic E-state index is 12.7. The van der Waals surface area contributed by atoms with Gasteiger partial charge in [0.1, 0.15) is 11.6 Å². The summed E-state index contributed by atoms with van der Waals surface area (Å²) in [7, 11) is -1.01. The minimum atomic E-state index is -3.76. The fraction of sp³-hybridized carbons (Fsp3) is 0.421. The first-order valence-electron chi connectivity index (χ1n) is 8.33. The molecule has 0 aliphatic heterocycles. The molecule has 2 aromatic rings. The Bertz CT molecular complexity index is 939. The fourth-order valence-corrected chi connectivity index (χ4v) is 4.92. The maximum absolute atomic E-state index is 12.7. The second-order valence-corrected chi connectivity index (χ2v) is 9.75. The van der Waals surface area contributed by atoms with Crippen LogP contribution in [-0.4, -0.2) is 35.3 Å². The quantitative estimate of drug-likeness (QED) is 0.579. The van der Waals surface area contributed by atoms with Gasteiger partial charge in [-0.15, -0.1) is 11.3 Å². The third-order valence-electron chi connectivity index (χ3n) is 4.21. The van der Waals surface area contributed by atoms with E-state index in [1.165, 1.54) is 25.6 Å². The predicted octanol–water partition coefficient (Wildman–Crippen LogP) is 3.69. The number of benzene rings is 1. The average molecular weight is 412 g/mol. The van der Waals surface area contributed by atoms with Gasteiger partial charge in [0.05, 0.1) is 12.0 Å². The van der Waals surface area contributed by atoms with Crippen LogP contribution in [0.5, 0.6) is 0 Å². The summed E-state index contributed by atoms with van der Waals surface area (Å²) in [6, 6.07) is 5.23. The molecule has 0 atom stereocenters. The van der Waals surface area contributed by atoms with Gasteiger partial charge in [0.2, 0.25) is 10.0 Å². The van der Waals surface area contributed by atoms with Crippen LogP contribution < -0.4 is 4.72 Å². The molecule has 0 saturated heterocycles. The van der Waals surface area contributed by atoms with E-state index in [2.05, 4.69) is 4.72 Å². The molecule has 2 rings (SSSR count). The van der Waals surface area contributed by atoms with Crippen molar-refractivity contribution in [1.29, 1.82) is 0 Å². The number of esters is 1. The second-order valence-electron chi connectivity index (χ2n) is 7.10. The van der Waals surface area contributed by atoms with Crippen molar-refractivity contribution < 1.29 is 22.7 Å². The predicted molar refractivity (Wildman–Crippen MR) is 107 cm³/mol. The van der Waals surface area contributed by atoms with E-state index >= 15 is 0 Å². The number of rotatable bonds is 6. The summed E-state index contributed by atoms with van der Waals surface area (Å²) in [5, 5.41) is 1.80. The van der Waals surface area contributed by atoms with E-state index in [0.717, 1.165) is 11.1 Å². The van der Waals surface area contributed by atoms with Crippen molar-refractivity contribution in [2.75, 3.05) is 21.0 Å². The standard InChI is InChI=1S/C19H25NO5S2/c1-12-15(27(22,23)20-11-24-5)8-7-14(19(2,3)4)16(12)13-9-10-26-17(13)18(21)25-6/h7-10,20H,11H2,1-6H3. The molecule has 27 heavy (non-hydrogen) atoms. The van der Waals surface area contributed by atoms with Crippen LogP contribution in [-0.2, 0) is 24.9 Å². The van der Waals surface area contributed by atoms with E-state index in [1.54, 1.807) is 18.4 Å². The van der Waals surface area contributed by atoms with Gasteiger partial charge in [0.15, 0.2) is 0 Å². The number of thiophene rings is 1. The minimum Gasteiger partial charge on any atom is -0.465 e. The van der Waals surface area contributed by atoms with E-state index in [9.17, 15) is 13.2 Å². The van der Waals surface area contributed by atoms with Gasteiger partial charge in [-0.2, -0.15) is 4.72 Å². The lowest BCUT2D eigenvalue weighted by molar-refractivity contribution is 0.0607. The lowest BCUT2D eigenvalue weighted by atomic mass is 9.80. The Morgan fingerprint density at radius 2 is 1.85 bits per heavy atom. The minimum absolute atomic E-state index is 0.121. The summed E-state index contributed by atoms with van der Waals surface area (Å²) in [5.74, 6) is -0.440. The molecule has 0 fully saturated rings. The number of ether oxygens (including phenoxy) is 2. The topological polar surface area (TPSA) is 81.7 Å². The molecule has 1 N–H and O–H groups in total. The molecule has 0 unspecified atom stereocenters. The first-order chi connectivity index (χ1) is 12.5. The smallest absolute Gasteiger partial charge is 0.348 e. The number of hydrogen-bond donors (Lipinski definition) is 1. The van der Waals surface area contributed by atoms with Crippen LogP contribution in [0.4, 0.5) is 0 Å². The molecule has 148 valence electrons. The maximum Gasteiger partial charge on any atom is 0.348 e. The highest BCUT2D eigenvalue weighted by atomic mass is 32.2. The number of nitrogens with one attached hydrogen (secondary N) is 1. The van der Waals surface area contributed by atoms with Crippen molar-refractivity contribution in [3.8, 4) is 11.1 Å². The van der Waals surface area contributed by atoms with Crippen LogP contribution in [0.25, 0.3) is 11.1 Å². The van der Waals surface area contributed by atoms with Gasteiger partial charge in [0.25, 0.3) is 0 Å². The Balaban J connectivity index is 2.80. The number of hydrogen-bond acceptors (Lipinski definition) is 6. The Morgan fingerprint density at radius 1 is 1.19 bits per heavy atom. The van der Waals surface area contributed by atoms with Gasteiger partial charge in [-0.1, -0.05) is 26.8 Å². The van der Waals surface area contributed by atoms with E-state index < -0.39 is 16.0 Å². The van der Waals surface area contributed by atoms with Gasteiger partial charge in [-0.25, -0.2) is 13.2 Å². The molecule has 1 aromatic heterocycles. The molecule has 1 heterocycles. The number of sulfonamides is 1. The van der Waals surface area contributed by atoms with E-state index in [-0.39, 0.29) is 17.0 Å². The largest absolute Gasteiger partial charge is 0.465 e. The van der Waals surface area contributed by atoms with E-state index in [0.29, 0.717) is 16.0 Å². The Kier molecular flexibility index (Phi) is 6.47. The normalized spacial score (nSPS) is 12.2. The van der Waals surface area contributed by atoms with Gasteiger partial charge in [0, 0.05) is 12.7 Å². The molecule has 0 saturated carbocycles. The van der Waals surface area contributed by atoms with Gasteiger partial charge in [-0.05, 0) is 46.5 Å². The molecule has 0 radical (unpaired) electrons. The van der Waals surface area contributed by atoms with Crippen molar-refractivity contribution >= 4 is 27.3 Å². The van der Waals surface area contributed by atoms with Crippen LogP contribution >= 0.6 is 11.3 Å². The van der Waals surface area contributed by atoms with Gasteiger partial charge >= 0.3 is 5.97 Å². The Hall–Kier alpha value is -1.74. The molecule has 0 aliphatic rings. The highest BCUT2D eigenvalue weighted by molar-refractivity contribution is 7.89. The summed E-state index contributed by atoms with van der Waals surface area (Å²) >= 11 is 1.27. The lowest BCUT2D eigenvalue weighted by Gasteiger charge is -2.26. The van der Waals surface area contributed by atoms with E-state index in [4.69, 9.17) is 9.47 Å². The van der Waals surface area contributed by atoms with Gasteiger partial charge < -0.3 is 9.47 Å². The molecule has 0 aliphatic carbocycles. The van der Waals surface area contributed by atoms with Crippen molar-refractivity contribution in [2.24, 2.45) is 0 Å². The third kappa shape index (κ3) is 4.40.